The van der Waals surface area contributed by atoms with Crippen molar-refractivity contribution in [3.63, 3.8) is 0 Å². The van der Waals surface area contributed by atoms with E-state index in [2.05, 4.69) is 0 Å². The third-order valence-corrected chi connectivity index (χ3v) is 3.64. The summed E-state index contributed by atoms with van der Waals surface area (Å²) in [6.45, 7) is 1.79. The molecule has 0 radical (unpaired) electrons. The van der Waals surface area contributed by atoms with Crippen LogP contribution in [0.15, 0.2) is 46.2 Å². The van der Waals surface area contributed by atoms with Gasteiger partial charge in [0.05, 0.1) is 5.92 Å². The van der Waals surface area contributed by atoms with E-state index in [4.69, 9.17) is 0 Å². The van der Waals surface area contributed by atoms with Gasteiger partial charge in [-0.3, -0.25) is 14.4 Å². The Kier molecular flexibility index (Phi) is 5.00. The van der Waals surface area contributed by atoms with E-state index in [-0.39, 0.29) is 25.3 Å². The van der Waals surface area contributed by atoms with Gasteiger partial charge in [-0.1, -0.05) is 6.92 Å². The fraction of sp³-hybridized carbons (Fsp3) is 0.312. The van der Waals surface area contributed by atoms with Crippen LogP contribution in [0.1, 0.15) is 13.3 Å². The van der Waals surface area contributed by atoms with Gasteiger partial charge >= 0.3 is 0 Å². The second-order valence-corrected chi connectivity index (χ2v) is 5.22. The van der Waals surface area contributed by atoms with E-state index in [1.807, 2.05) is 0 Å². The first kappa shape index (κ1) is 16.5. The lowest BCUT2D eigenvalue weighted by molar-refractivity contribution is -0.123. The Balaban J connectivity index is 2.33. The quantitative estimate of drug-likeness (QED) is 0.817. The summed E-state index contributed by atoms with van der Waals surface area (Å²) in [5.41, 5.74) is -1.19. The molecule has 0 amide bonds. The fourth-order valence-electron chi connectivity index (χ4n) is 2.36. The maximum absolute atomic E-state index is 12.2. The first-order valence-corrected chi connectivity index (χ1v) is 7.23. The standard InChI is InChI=1S/C16H18N2O5/c1-2-12(19)11(9-17-7-3-5-13(20)15(17)22)10-18-8-4-6-14(21)16(18)23/h3-8,11,20-21H,2,9-10H2,1H3. The number of pyridine rings is 2. The van der Waals surface area contributed by atoms with Gasteiger partial charge < -0.3 is 19.3 Å². The van der Waals surface area contributed by atoms with E-state index >= 15 is 0 Å². The Morgan fingerprint density at radius 1 is 1.00 bits per heavy atom. The molecule has 122 valence electrons. The summed E-state index contributed by atoms with van der Waals surface area (Å²) < 4.78 is 2.47. The van der Waals surface area contributed by atoms with Gasteiger partial charge in [0.1, 0.15) is 5.78 Å². The van der Waals surface area contributed by atoms with Crippen LogP contribution in [-0.4, -0.2) is 25.1 Å². The first-order valence-electron chi connectivity index (χ1n) is 7.23. The van der Waals surface area contributed by atoms with Crippen LogP contribution in [0.3, 0.4) is 0 Å². The molecule has 0 fully saturated rings. The number of Topliss-reactive ketones (excluding diaryl/α,β-unsaturated/α-hetero) is 1. The number of carbonyl (C=O) groups is 1. The van der Waals surface area contributed by atoms with E-state index in [0.717, 1.165) is 0 Å². The number of nitrogens with zero attached hydrogens (tertiary/aromatic N) is 2. The molecular formula is C16H18N2O5. The minimum Gasteiger partial charge on any atom is -0.503 e. The Bertz CT molecular complexity index is 760. The van der Waals surface area contributed by atoms with Gasteiger partial charge in [0.2, 0.25) is 0 Å². The summed E-state index contributed by atoms with van der Waals surface area (Å²) in [7, 11) is 0. The summed E-state index contributed by atoms with van der Waals surface area (Å²) in [5.74, 6) is -1.54. The maximum Gasteiger partial charge on any atom is 0.292 e. The number of carbonyl (C=O) groups excluding carboxylic acids is 1. The molecule has 0 bridgehead atoms. The Labute approximate surface area is 132 Å². The van der Waals surface area contributed by atoms with Crippen LogP contribution in [0, 0.1) is 5.92 Å². The molecule has 0 aliphatic heterocycles. The van der Waals surface area contributed by atoms with Crippen molar-refractivity contribution in [3.05, 3.63) is 57.4 Å². The van der Waals surface area contributed by atoms with Gasteiger partial charge in [-0.25, -0.2) is 0 Å². The molecule has 2 rings (SSSR count). The highest BCUT2D eigenvalue weighted by atomic mass is 16.3. The van der Waals surface area contributed by atoms with E-state index in [1.165, 1.54) is 45.8 Å². The van der Waals surface area contributed by atoms with Gasteiger partial charge in [-0.05, 0) is 24.3 Å². The average molecular weight is 318 g/mol. The monoisotopic (exact) mass is 318 g/mol. The summed E-state index contributed by atoms with van der Waals surface area (Å²) in [6.07, 6.45) is 3.21. The molecule has 0 saturated heterocycles. The van der Waals surface area contributed by atoms with Gasteiger partial charge in [-0.2, -0.15) is 0 Å². The highest BCUT2D eigenvalue weighted by Gasteiger charge is 2.20. The summed E-state index contributed by atoms with van der Waals surface area (Å²) in [5, 5.41) is 18.9. The molecule has 2 N–H and O–H groups in total. The zero-order valence-corrected chi connectivity index (χ0v) is 12.7. The topological polar surface area (TPSA) is 102 Å². The highest BCUT2D eigenvalue weighted by Crippen LogP contribution is 2.10. The molecule has 0 unspecified atom stereocenters. The molecule has 0 spiro atoms. The van der Waals surface area contributed by atoms with Gasteiger partial charge in [0.25, 0.3) is 11.1 Å². The molecule has 7 heteroatoms. The Morgan fingerprint density at radius 3 is 1.83 bits per heavy atom. The molecule has 0 saturated carbocycles. The third-order valence-electron chi connectivity index (χ3n) is 3.64. The smallest absolute Gasteiger partial charge is 0.292 e. The number of aromatic hydroxyl groups is 2. The predicted molar refractivity (Wildman–Crippen MR) is 83.5 cm³/mol. The van der Waals surface area contributed by atoms with E-state index in [1.54, 1.807) is 6.92 Å². The SMILES string of the molecule is CCC(=O)C(Cn1cccc(O)c1=O)Cn1cccc(O)c1=O. The van der Waals surface area contributed by atoms with Crippen molar-refractivity contribution in [1.82, 2.24) is 9.13 Å². The first-order chi connectivity index (χ1) is 10.9. The van der Waals surface area contributed by atoms with Crippen LogP contribution in [0.25, 0.3) is 0 Å². The summed E-state index contributed by atoms with van der Waals surface area (Å²) in [4.78, 5) is 35.9. The number of ketones is 1. The molecule has 0 aromatic carbocycles. The summed E-state index contributed by atoms with van der Waals surface area (Å²) >= 11 is 0. The minimum absolute atomic E-state index is 0.0437. The van der Waals surface area contributed by atoms with Crippen LogP contribution in [-0.2, 0) is 17.9 Å². The number of hydrogen-bond donors (Lipinski definition) is 2. The lowest BCUT2D eigenvalue weighted by Crippen LogP contribution is -2.32. The second-order valence-electron chi connectivity index (χ2n) is 5.22. The molecule has 2 heterocycles. The molecule has 2 aromatic rings. The third kappa shape index (κ3) is 3.68. The van der Waals surface area contributed by atoms with Gasteiger partial charge in [-0.15, -0.1) is 0 Å². The lowest BCUT2D eigenvalue weighted by Gasteiger charge is -2.18. The predicted octanol–water partition coefficient (Wildman–Crippen LogP) is 0.717. The van der Waals surface area contributed by atoms with Crippen molar-refractivity contribution in [1.29, 1.82) is 0 Å². The zero-order valence-electron chi connectivity index (χ0n) is 12.7. The van der Waals surface area contributed by atoms with Crippen LogP contribution in [0.2, 0.25) is 0 Å². The lowest BCUT2D eigenvalue weighted by atomic mass is 10.0. The number of aromatic nitrogens is 2. The number of rotatable bonds is 6. The molecular weight excluding hydrogens is 300 g/mol. The van der Waals surface area contributed by atoms with Gasteiger partial charge in [0.15, 0.2) is 11.5 Å². The largest absolute Gasteiger partial charge is 0.503 e. The van der Waals surface area contributed by atoms with Crippen LogP contribution in [0.4, 0.5) is 0 Å². The van der Waals surface area contributed by atoms with E-state index in [0.29, 0.717) is 0 Å². The van der Waals surface area contributed by atoms with Crippen molar-refractivity contribution >= 4 is 5.78 Å². The van der Waals surface area contributed by atoms with Crippen LogP contribution in [0.5, 0.6) is 11.5 Å². The van der Waals surface area contributed by atoms with E-state index < -0.39 is 28.5 Å². The normalized spacial score (nSPS) is 10.9. The zero-order chi connectivity index (χ0) is 17.0. The molecule has 23 heavy (non-hydrogen) atoms. The molecule has 2 aromatic heterocycles. The van der Waals surface area contributed by atoms with Crippen molar-refractivity contribution in [2.45, 2.75) is 26.4 Å². The van der Waals surface area contributed by atoms with Crippen LogP contribution >= 0.6 is 0 Å². The van der Waals surface area contributed by atoms with E-state index in [9.17, 15) is 24.6 Å². The highest BCUT2D eigenvalue weighted by molar-refractivity contribution is 5.80. The number of hydrogen-bond acceptors (Lipinski definition) is 5. The average Bonchev–Trinajstić information content (AvgIpc) is 2.54. The molecule has 7 nitrogen and oxygen atoms in total. The minimum atomic E-state index is -0.626. The Hall–Kier alpha value is -2.83. The van der Waals surface area contributed by atoms with Crippen molar-refractivity contribution in [2.24, 2.45) is 5.92 Å². The maximum atomic E-state index is 12.2. The molecule has 0 aliphatic rings. The van der Waals surface area contributed by atoms with Crippen molar-refractivity contribution in [3.8, 4) is 11.5 Å². The molecule has 0 atom stereocenters. The fourth-order valence-corrected chi connectivity index (χ4v) is 2.36. The second kappa shape index (κ2) is 6.95. The molecule has 0 aliphatic carbocycles. The summed E-state index contributed by atoms with van der Waals surface area (Å²) in [6, 6.07) is 5.56. The van der Waals surface area contributed by atoms with Crippen molar-refractivity contribution < 1.29 is 15.0 Å². The van der Waals surface area contributed by atoms with Crippen molar-refractivity contribution in [2.75, 3.05) is 0 Å². The van der Waals surface area contributed by atoms with Crippen LogP contribution < -0.4 is 11.1 Å². The Morgan fingerprint density at radius 2 is 1.43 bits per heavy atom. The van der Waals surface area contributed by atoms with Gasteiger partial charge in [0, 0.05) is 31.9 Å².